The molecule has 3 aromatic rings. The monoisotopic (exact) mass is 709 g/mol. The summed E-state index contributed by atoms with van der Waals surface area (Å²) < 4.78 is 35.5. The van der Waals surface area contributed by atoms with Crippen molar-refractivity contribution < 1.29 is 27.5 Å². The van der Waals surface area contributed by atoms with Crippen LogP contribution in [0, 0.1) is 29.1 Å². The molecule has 7 rings (SSSR count). The van der Waals surface area contributed by atoms with E-state index in [9.17, 15) is 28.1 Å². The molecule has 1 amide bonds. The van der Waals surface area contributed by atoms with Crippen LogP contribution < -0.4 is 5.32 Å². The Morgan fingerprint density at radius 2 is 1.51 bits per heavy atom. The third-order valence-electron chi connectivity index (χ3n) is 10.5. The zero-order valence-electron chi connectivity index (χ0n) is 28.2. The summed E-state index contributed by atoms with van der Waals surface area (Å²) in [6, 6.07) is 15.5. The second-order valence-corrected chi connectivity index (χ2v) is 15.5. The molecule has 2 aromatic heterocycles. The van der Waals surface area contributed by atoms with Crippen LogP contribution in [0.25, 0.3) is 0 Å². The van der Waals surface area contributed by atoms with Crippen LogP contribution in [0.15, 0.2) is 85.2 Å². The molecule has 1 saturated carbocycles. The number of hydrogen-bond donors (Lipinski definition) is 1. The lowest BCUT2D eigenvalue weighted by Gasteiger charge is -2.34. The van der Waals surface area contributed by atoms with E-state index in [0.717, 1.165) is 11.1 Å². The van der Waals surface area contributed by atoms with Crippen LogP contribution in [-0.4, -0.2) is 93.9 Å². The molecule has 3 atom stereocenters. The van der Waals surface area contributed by atoms with Gasteiger partial charge in [0.2, 0.25) is 0 Å². The fraction of sp³-hybridized carbons (Fsp3) is 0.405. The van der Waals surface area contributed by atoms with Gasteiger partial charge in [-0.25, -0.2) is 0 Å². The maximum atomic E-state index is 14.9. The predicted octanol–water partition coefficient (Wildman–Crippen LogP) is 2.48. The van der Waals surface area contributed by atoms with Crippen LogP contribution in [-0.2, 0) is 37.4 Å². The fourth-order valence-corrected chi connectivity index (χ4v) is 9.51. The lowest BCUT2D eigenvalue weighted by atomic mass is 9.85. The highest BCUT2D eigenvalue weighted by Crippen LogP contribution is 2.53. The Morgan fingerprint density at radius 3 is 2.04 bits per heavy atom. The van der Waals surface area contributed by atoms with Gasteiger partial charge >= 0.3 is 5.97 Å². The van der Waals surface area contributed by atoms with Gasteiger partial charge in [-0.1, -0.05) is 0 Å². The van der Waals surface area contributed by atoms with Gasteiger partial charge in [-0.3, -0.25) is 29.3 Å². The molecule has 264 valence electrons. The SMILES string of the molecule is CCOC(=O)C1CCN(S(=O)(=O)N2C[C@@H]3C(N4C(=O)C(Cc5ccncc5)(Cc5ccncc5)N/C4=C\C(=O)c4ccc(C#N)cc4)[C@@H]3C2)CC1. The molecule has 3 saturated heterocycles. The van der Waals surface area contributed by atoms with Gasteiger partial charge in [0.15, 0.2) is 5.78 Å². The molecule has 4 aliphatic rings. The van der Waals surface area contributed by atoms with Crippen LogP contribution in [0.3, 0.4) is 0 Å². The summed E-state index contributed by atoms with van der Waals surface area (Å²) in [5, 5.41) is 12.7. The van der Waals surface area contributed by atoms with E-state index in [0.29, 0.717) is 49.2 Å². The maximum Gasteiger partial charge on any atom is 0.309 e. The number of nitrogens with zero attached hydrogens (tertiary/aromatic N) is 6. The van der Waals surface area contributed by atoms with E-state index in [2.05, 4.69) is 21.4 Å². The van der Waals surface area contributed by atoms with Crippen molar-refractivity contribution in [1.82, 2.24) is 28.8 Å². The summed E-state index contributed by atoms with van der Waals surface area (Å²) in [6.07, 6.45) is 9.61. The molecule has 1 aromatic carbocycles. The quantitative estimate of drug-likeness (QED) is 0.178. The van der Waals surface area contributed by atoms with Crippen molar-refractivity contribution in [3.05, 3.63) is 107 Å². The first-order valence-corrected chi connectivity index (χ1v) is 18.6. The molecule has 1 unspecified atom stereocenters. The van der Waals surface area contributed by atoms with Gasteiger partial charge in [0.05, 0.1) is 24.2 Å². The zero-order valence-corrected chi connectivity index (χ0v) is 29.0. The van der Waals surface area contributed by atoms with Crippen LogP contribution in [0.4, 0.5) is 0 Å². The molecule has 5 heterocycles. The highest BCUT2D eigenvalue weighted by molar-refractivity contribution is 7.86. The molecule has 0 radical (unpaired) electrons. The third kappa shape index (κ3) is 6.76. The number of esters is 1. The van der Waals surface area contributed by atoms with Gasteiger partial charge in [-0.05, 0) is 79.4 Å². The molecule has 4 fully saturated rings. The number of ether oxygens (including phenoxy) is 1. The first-order chi connectivity index (χ1) is 24.6. The fourth-order valence-electron chi connectivity index (χ4n) is 7.79. The number of amides is 1. The topological polar surface area (TPSA) is 166 Å². The number of hydrogen-bond acceptors (Lipinski definition) is 10. The third-order valence-corrected chi connectivity index (χ3v) is 12.4. The predicted molar refractivity (Wildman–Crippen MR) is 184 cm³/mol. The van der Waals surface area contributed by atoms with E-state index < -0.39 is 15.7 Å². The van der Waals surface area contributed by atoms with E-state index in [1.54, 1.807) is 60.9 Å². The van der Waals surface area contributed by atoms with Gasteiger partial charge in [-0.15, -0.1) is 0 Å². The second-order valence-electron chi connectivity index (χ2n) is 13.6. The molecule has 13 nitrogen and oxygen atoms in total. The Labute approximate surface area is 297 Å². The summed E-state index contributed by atoms with van der Waals surface area (Å²) in [6.45, 7) is 3.02. The van der Waals surface area contributed by atoms with Crippen molar-refractivity contribution in [2.24, 2.45) is 17.8 Å². The number of benzene rings is 1. The molecular formula is C37H39N7O6S. The Hall–Kier alpha value is -4.97. The van der Waals surface area contributed by atoms with Gasteiger partial charge in [0.1, 0.15) is 11.4 Å². The lowest BCUT2D eigenvalue weighted by molar-refractivity contribution is -0.149. The van der Waals surface area contributed by atoms with Gasteiger partial charge in [-0.2, -0.15) is 22.3 Å². The minimum absolute atomic E-state index is 0.117. The number of aromatic nitrogens is 2. The van der Waals surface area contributed by atoms with Crippen LogP contribution in [0.5, 0.6) is 0 Å². The Balaban J connectivity index is 1.15. The summed E-state index contributed by atoms with van der Waals surface area (Å²) in [4.78, 5) is 50.7. The zero-order chi connectivity index (χ0) is 35.8. The summed E-state index contributed by atoms with van der Waals surface area (Å²) in [7, 11) is -3.77. The van der Waals surface area contributed by atoms with Crippen LogP contribution in [0.1, 0.15) is 46.8 Å². The van der Waals surface area contributed by atoms with E-state index in [4.69, 9.17) is 4.74 Å². The smallest absolute Gasteiger partial charge is 0.309 e. The molecule has 0 bridgehead atoms. The number of fused-ring (bicyclic) bond motifs is 1. The molecule has 3 aliphatic heterocycles. The minimum atomic E-state index is -3.77. The first-order valence-electron chi connectivity index (χ1n) is 17.2. The van der Waals surface area contributed by atoms with Crippen molar-refractivity contribution in [3.63, 3.8) is 0 Å². The van der Waals surface area contributed by atoms with Crippen molar-refractivity contribution in [2.75, 3.05) is 32.8 Å². The Morgan fingerprint density at radius 1 is 0.941 bits per heavy atom. The van der Waals surface area contributed by atoms with Crippen molar-refractivity contribution in [1.29, 1.82) is 5.26 Å². The minimum Gasteiger partial charge on any atom is -0.466 e. The number of allylic oxidation sites excluding steroid dienone is 1. The number of ketones is 1. The Bertz CT molecular complexity index is 1920. The number of carbonyl (C=O) groups is 3. The number of nitriles is 1. The average molecular weight is 710 g/mol. The highest BCUT2D eigenvalue weighted by atomic mass is 32.2. The number of carbonyl (C=O) groups excluding carboxylic acids is 3. The molecule has 1 N–H and O–H groups in total. The van der Waals surface area contributed by atoms with Gasteiger partial charge in [0, 0.05) is 93.3 Å². The highest BCUT2D eigenvalue weighted by Gasteiger charge is 2.66. The molecular weight excluding hydrogens is 671 g/mol. The first kappa shape index (κ1) is 34.5. The number of piperidine rings is 2. The van der Waals surface area contributed by atoms with Crippen LogP contribution >= 0.6 is 0 Å². The lowest BCUT2D eigenvalue weighted by Crippen LogP contribution is -2.51. The second kappa shape index (κ2) is 14.0. The molecule has 1 aliphatic carbocycles. The van der Waals surface area contributed by atoms with Gasteiger partial charge in [0.25, 0.3) is 16.1 Å². The van der Waals surface area contributed by atoms with Crippen molar-refractivity contribution in [3.8, 4) is 6.07 Å². The van der Waals surface area contributed by atoms with Gasteiger partial charge < -0.3 is 10.1 Å². The average Bonchev–Trinajstić information content (AvgIpc) is 3.47. The largest absolute Gasteiger partial charge is 0.466 e. The number of pyridine rings is 2. The molecule has 14 heteroatoms. The molecule has 51 heavy (non-hydrogen) atoms. The van der Waals surface area contributed by atoms with E-state index in [1.165, 1.54) is 14.7 Å². The Kier molecular flexibility index (Phi) is 9.45. The summed E-state index contributed by atoms with van der Waals surface area (Å²) in [5.41, 5.74) is 1.43. The summed E-state index contributed by atoms with van der Waals surface area (Å²) in [5.74, 6) is -0.975. The summed E-state index contributed by atoms with van der Waals surface area (Å²) >= 11 is 0. The maximum absolute atomic E-state index is 14.9. The van der Waals surface area contributed by atoms with E-state index in [1.807, 2.05) is 24.3 Å². The number of nitrogens with one attached hydrogen (secondary N) is 1. The van der Waals surface area contributed by atoms with Crippen molar-refractivity contribution >= 4 is 27.9 Å². The number of rotatable bonds is 11. The van der Waals surface area contributed by atoms with E-state index >= 15 is 0 Å². The standard InChI is InChI=1S/C37H39N7O6S/c1-2-50-35(46)29-11-17-42(18-12-29)51(48,49)43-23-30-31(24-43)34(30)44-33(19-32(45)28-5-3-27(22-38)4-6-28)41-37(36(44)47,20-25-7-13-39-14-8-25)21-26-9-15-40-16-10-26/h3-10,13-16,19,29-31,34,41H,2,11-12,17-18,20-21,23-24H2,1H3/b33-19+/t30-,31+,34?. The van der Waals surface area contributed by atoms with E-state index in [-0.39, 0.29) is 67.6 Å². The van der Waals surface area contributed by atoms with Crippen molar-refractivity contribution in [2.45, 2.75) is 44.2 Å². The van der Waals surface area contributed by atoms with Crippen LogP contribution in [0.2, 0.25) is 0 Å². The molecule has 0 spiro atoms. The normalized spacial score (nSPS) is 24.2.